The number of likely N-dealkylation sites (tertiary alicyclic amines) is 1. The minimum atomic E-state index is -0.247. The molecule has 1 aliphatic carbocycles. The molecule has 26 heavy (non-hydrogen) atoms. The standard InChI is InChI=1S/C20H24N4O2/c1-26-15-5-7-19-17(10-15)16-9-13(4-6-18(16)23-19)22-12-20(25)24-8-2-3-14(24)11-21/h5,7,10,13-14,22-23H,2-4,6,8-9,12H2,1H3. The van der Waals surface area contributed by atoms with Crippen LogP contribution < -0.4 is 10.1 Å². The van der Waals surface area contributed by atoms with Crippen molar-refractivity contribution in [2.45, 2.75) is 44.2 Å². The predicted octanol–water partition coefficient (Wildman–Crippen LogP) is 2.14. The lowest BCUT2D eigenvalue weighted by molar-refractivity contribution is -0.130. The number of fused-ring (bicyclic) bond motifs is 3. The summed E-state index contributed by atoms with van der Waals surface area (Å²) >= 11 is 0. The van der Waals surface area contributed by atoms with E-state index in [1.54, 1.807) is 12.0 Å². The second-order valence-electron chi connectivity index (χ2n) is 7.19. The molecule has 2 aromatic rings. The molecule has 6 nitrogen and oxygen atoms in total. The highest BCUT2D eigenvalue weighted by molar-refractivity contribution is 5.86. The fourth-order valence-electron chi connectivity index (χ4n) is 4.23. The molecule has 1 aliphatic heterocycles. The topological polar surface area (TPSA) is 81.2 Å². The lowest BCUT2D eigenvalue weighted by atomic mass is 9.91. The monoisotopic (exact) mass is 352 g/mol. The summed E-state index contributed by atoms with van der Waals surface area (Å²) in [6, 6.07) is 8.38. The maximum atomic E-state index is 12.4. The number of benzene rings is 1. The van der Waals surface area contributed by atoms with Crippen molar-refractivity contribution in [1.82, 2.24) is 15.2 Å². The van der Waals surface area contributed by atoms with Crippen molar-refractivity contribution in [3.05, 3.63) is 29.5 Å². The zero-order valence-corrected chi connectivity index (χ0v) is 15.0. The van der Waals surface area contributed by atoms with Gasteiger partial charge in [0.05, 0.1) is 19.7 Å². The molecule has 2 aliphatic rings. The number of nitriles is 1. The number of ether oxygens (including phenoxy) is 1. The lowest BCUT2D eigenvalue weighted by Gasteiger charge is -2.25. The highest BCUT2D eigenvalue weighted by Crippen LogP contribution is 2.31. The van der Waals surface area contributed by atoms with Crippen molar-refractivity contribution < 1.29 is 9.53 Å². The number of hydrogen-bond acceptors (Lipinski definition) is 4. The summed E-state index contributed by atoms with van der Waals surface area (Å²) in [5, 5.41) is 13.8. The molecule has 1 aromatic carbocycles. The van der Waals surface area contributed by atoms with Gasteiger partial charge in [0.2, 0.25) is 5.91 Å². The Labute approximate surface area is 153 Å². The molecule has 1 saturated heterocycles. The Kier molecular flexibility index (Phi) is 4.56. The molecule has 1 fully saturated rings. The third kappa shape index (κ3) is 3.04. The van der Waals surface area contributed by atoms with Crippen LogP contribution in [0.2, 0.25) is 0 Å². The van der Waals surface area contributed by atoms with Gasteiger partial charge in [-0.15, -0.1) is 0 Å². The molecular weight excluding hydrogens is 328 g/mol. The number of hydrogen-bond donors (Lipinski definition) is 2. The van der Waals surface area contributed by atoms with E-state index in [0.29, 0.717) is 13.1 Å². The minimum Gasteiger partial charge on any atom is -0.497 e. The highest BCUT2D eigenvalue weighted by Gasteiger charge is 2.29. The van der Waals surface area contributed by atoms with Crippen molar-refractivity contribution in [2.75, 3.05) is 20.2 Å². The summed E-state index contributed by atoms with van der Waals surface area (Å²) in [4.78, 5) is 17.7. The molecule has 0 spiro atoms. The average molecular weight is 352 g/mol. The zero-order chi connectivity index (χ0) is 18.1. The van der Waals surface area contributed by atoms with E-state index in [1.807, 2.05) is 6.07 Å². The molecule has 136 valence electrons. The number of aromatic amines is 1. The first kappa shape index (κ1) is 16.9. The normalized spacial score (nSPS) is 22.2. The molecule has 2 atom stereocenters. The Balaban J connectivity index is 1.43. The van der Waals surface area contributed by atoms with Gasteiger partial charge in [-0.05, 0) is 55.9 Å². The number of aryl methyl sites for hydroxylation is 1. The molecular formula is C20H24N4O2. The summed E-state index contributed by atoms with van der Waals surface area (Å²) in [5.41, 5.74) is 3.76. The fourth-order valence-corrected chi connectivity index (χ4v) is 4.23. The number of methoxy groups -OCH3 is 1. The van der Waals surface area contributed by atoms with Crippen LogP contribution in [-0.4, -0.2) is 48.1 Å². The van der Waals surface area contributed by atoms with Gasteiger partial charge in [0, 0.05) is 29.2 Å². The Bertz CT molecular complexity index is 867. The van der Waals surface area contributed by atoms with E-state index >= 15 is 0 Å². The predicted molar refractivity (Wildman–Crippen MR) is 99.0 cm³/mol. The smallest absolute Gasteiger partial charge is 0.237 e. The average Bonchev–Trinajstić information content (AvgIpc) is 3.29. The van der Waals surface area contributed by atoms with Gasteiger partial charge in [-0.1, -0.05) is 0 Å². The zero-order valence-electron chi connectivity index (χ0n) is 15.0. The van der Waals surface area contributed by atoms with Crippen LogP contribution in [0.4, 0.5) is 0 Å². The Hall–Kier alpha value is -2.52. The van der Waals surface area contributed by atoms with Crippen LogP contribution in [0.15, 0.2) is 18.2 Å². The van der Waals surface area contributed by atoms with Gasteiger partial charge in [0.25, 0.3) is 0 Å². The first-order chi connectivity index (χ1) is 12.7. The van der Waals surface area contributed by atoms with E-state index in [-0.39, 0.29) is 18.0 Å². The van der Waals surface area contributed by atoms with E-state index < -0.39 is 0 Å². The lowest BCUT2D eigenvalue weighted by Crippen LogP contribution is -2.44. The summed E-state index contributed by atoms with van der Waals surface area (Å²) in [5.74, 6) is 0.904. The van der Waals surface area contributed by atoms with Gasteiger partial charge in [-0.25, -0.2) is 0 Å². The van der Waals surface area contributed by atoms with Crippen molar-refractivity contribution in [1.29, 1.82) is 5.26 Å². The van der Waals surface area contributed by atoms with Gasteiger partial charge < -0.3 is 19.9 Å². The molecule has 4 rings (SSSR count). The molecule has 0 bridgehead atoms. The van der Waals surface area contributed by atoms with Crippen LogP contribution in [0.3, 0.4) is 0 Å². The number of carbonyl (C=O) groups excluding carboxylic acids is 1. The Morgan fingerprint density at radius 1 is 1.46 bits per heavy atom. The Morgan fingerprint density at radius 2 is 2.35 bits per heavy atom. The molecule has 0 radical (unpaired) electrons. The molecule has 2 heterocycles. The van der Waals surface area contributed by atoms with Crippen molar-refractivity contribution in [3.63, 3.8) is 0 Å². The number of H-pyrrole nitrogens is 1. The van der Waals surface area contributed by atoms with Gasteiger partial charge in [0.15, 0.2) is 0 Å². The van der Waals surface area contributed by atoms with Gasteiger partial charge >= 0.3 is 0 Å². The summed E-state index contributed by atoms with van der Waals surface area (Å²) in [6.45, 7) is 1.01. The third-order valence-corrected chi connectivity index (χ3v) is 5.66. The second-order valence-corrected chi connectivity index (χ2v) is 7.19. The second kappa shape index (κ2) is 7.00. The van der Waals surface area contributed by atoms with Crippen molar-refractivity contribution >= 4 is 16.8 Å². The van der Waals surface area contributed by atoms with Crippen molar-refractivity contribution in [3.8, 4) is 11.8 Å². The van der Waals surface area contributed by atoms with Crippen LogP contribution in [0.1, 0.15) is 30.5 Å². The van der Waals surface area contributed by atoms with Gasteiger partial charge in [0.1, 0.15) is 11.8 Å². The number of nitrogens with one attached hydrogen (secondary N) is 2. The van der Waals surface area contributed by atoms with Crippen LogP contribution in [-0.2, 0) is 17.6 Å². The number of amides is 1. The molecule has 2 unspecified atom stereocenters. The molecule has 6 heteroatoms. The molecule has 0 saturated carbocycles. The van der Waals surface area contributed by atoms with Crippen LogP contribution in [0, 0.1) is 11.3 Å². The first-order valence-electron chi connectivity index (χ1n) is 9.29. The maximum absolute atomic E-state index is 12.4. The molecule has 1 aromatic heterocycles. The fraction of sp³-hybridized carbons (Fsp3) is 0.500. The third-order valence-electron chi connectivity index (χ3n) is 5.66. The van der Waals surface area contributed by atoms with Crippen molar-refractivity contribution in [2.24, 2.45) is 0 Å². The van der Waals surface area contributed by atoms with E-state index in [4.69, 9.17) is 10.00 Å². The molecule has 2 N–H and O–H groups in total. The quantitative estimate of drug-likeness (QED) is 0.883. The van der Waals surface area contributed by atoms with Crippen LogP contribution >= 0.6 is 0 Å². The first-order valence-corrected chi connectivity index (χ1v) is 9.29. The largest absolute Gasteiger partial charge is 0.497 e. The van der Waals surface area contributed by atoms with Crippen LogP contribution in [0.5, 0.6) is 5.75 Å². The SMILES string of the molecule is COc1ccc2[nH]c3c(c2c1)CC(NCC(=O)N1CCCC1C#N)CC3. The maximum Gasteiger partial charge on any atom is 0.237 e. The minimum absolute atomic E-state index is 0.0421. The summed E-state index contributed by atoms with van der Waals surface area (Å²) in [7, 11) is 1.68. The van der Waals surface area contributed by atoms with E-state index in [9.17, 15) is 4.79 Å². The summed E-state index contributed by atoms with van der Waals surface area (Å²) in [6.07, 6.45) is 4.60. The van der Waals surface area contributed by atoms with E-state index in [0.717, 1.165) is 43.4 Å². The number of aromatic nitrogens is 1. The molecule has 1 amide bonds. The highest BCUT2D eigenvalue weighted by atomic mass is 16.5. The van der Waals surface area contributed by atoms with Gasteiger partial charge in [-0.2, -0.15) is 5.26 Å². The number of nitrogens with zero attached hydrogens (tertiary/aromatic N) is 2. The van der Waals surface area contributed by atoms with Crippen LogP contribution in [0.25, 0.3) is 10.9 Å². The van der Waals surface area contributed by atoms with E-state index in [1.165, 1.54) is 16.6 Å². The Morgan fingerprint density at radius 3 is 3.15 bits per heavy atom. The number of carbonyl (C=O) groups is 1. The summed E-state index contributed by atoms with van der Waals surface area (Å²) < 4.78 is 5.36. The van der Waals surface area contributed by atoms with Gasteiger partial charge in [-0.3, -0.25) is 4.79 Å². The number of rotatable bonds is 4. The van der Waals surface area contributed by atoms with E-state index in [2.05, 4.69) is 28.5 Å².